The summed E-state index contributed by atoms with van der Waals surface area (Å²) in [6.07, 6.45) is 0. The molecular formula is C3Br2Cl6. The van der Waals surface area contributed by atoms with Crippen LogP contribution in [0.3, 0.4) is 0 Å². The predicted octanol–water partition coefficient (Wildman–Crippen LogP) is 5.21. The molecule has 1 unspecified atom stereocenters. The first-order chi connectivity index (χ1) is 4.50. The van der Waals surface area contributed by atoms with E-state index in [4.69, 9.17) is 69.6 Å². The molecule has 0 heterocycles. The molecule has 0 spiro atoms. The zero-order valence-corrected chi connectivity index (χ0v) is 12.2. The quantitative estimate of drug-likeness (QED) is 0.522. The summed E-state index contributed by atoms with van der Waals surface area (Å²) in [6, 6.07) is 0. The second kappa shape index (κ2) is 4.06. The second-order valence-corrected chi connectivity index (χ2v) is 9.49. The van der Waals surface area contributed by atoms with Gasteiger partial charge in [-0.25, -0.2) is 0 Å². The highest BCUT2D eigenvalue weighted by atomic mass is 79.9. The summed E-state index contributed by atoms with van der Waals surface area (Å²) < 4.78 is -5.00. The third-order valence-corrected chi connectivity index (χ3v) is 6.87. The molecule has 0 nitrogen and oxygen atoms in total. The van der Waals surface area contributed by atoms with Gasteiger partial charge in [-0.15, -0.1) is 0 Å². The van der Waals surface area contributed by atoms with E-state index < -0.39 is 10.8 Å². The number of halogens is 8. The van der Waals surface area contributed by atoms with Crippen molar-refractivity contribution >= 4 is 101 Å². The Morgan fingerprint density at radius 1 is 0.727 bits per heavy atom. The highest BCUT2D eigenvalue weighted by Gasteiger charge is 2.58. The van der Waals surface area contributed by atoms with Crippen LogP contribution in [0.5, 0.6) is 0 Å². The number of hydrogen-bond donors (Lipinski definition) is 0. The standard InChI is InChI=1S/C3Br2Cl6/c4-1(6,2(5,7)8)3(9,10)11. The molecular weight excluding hydrogens is 409 g/mol. The Balaban J connectivity index is 4.75. The van der Waals surface area contributed by atoms with Crippen molar-refractivity contribution in [2.45, 2.75) is 10.8 Å². The second-order valence-electron chi connectivity index (χ2n) is 1.57. The third kappa shape index (κ3) is 3.39. The lowest BCUT2D eigenvalue weighted by Gasteiger charge is -2.33. The van der Waals surface area contributed by atoms with Gasteiger partial charge < -0.3 is 0 Å². The summed E-state index contributed by atoms with van der Waals surface area (Å²) in [5, 5.41) is 0. The minimum atomic E-state index is -1.83. The summed E-state index contributed by atoms with van der Waals surface area (Å²) in [6.45, 7) is 0. The molecule has 0 aromatic rings. The maximum Gasteiger partial charge on any atom is 0.223 e. The van der Waals surface area contributed by atoms with E-state index in [1.165, 1.54) is 0 Å². The average Bonchev–Trinajstić information content (AvgIpc) is 1.58. The number of alkyl halides is 8. The Bertz CT molecular complexity index is 127. The first-order valence-corrected chi connectivity index (χ1v) is 5.87. The van der Waals surface area contributed by atoms with Crippen LogP contribution < -0.4 is 0 Å². The molecule has 0 radical (unpaired) electrons. The summed E-state index contributed by atoms with van der Waals surface area (Å²) in [7, 11) is 0. The Labute approximate surface area is 111 Å². The largest absolute Gasteiger partial charge is 0.223 e. The van der Waals surface area contributed by atoms with Gasteiger partial charge in [-0.2, -0.15) is 0 Å². The third-order valence-electron chi connectivity index (χ3n) is 0.712. The lowest BCUT2D eigenvalue weighted by atomic mass is 10.5. The Hall–Kier alpha value is 2.70. The molecule has 0 aromatic carbocycles. The van der Waals surface area contributed by atoms with Crippen molar-refractivity contribution in [1.29, 1.82) is 0 Å². The molecule has 11 heavy (non-hydrogen) atoms. The van der Waals surface area contributed by atoms with Gasteiger partial charge in [-0.1, -0.05) is 85.5 Å². The van der Waals surface area contributed by atoms with Crippen LogP contribution in [0.25, 0.3) is 0 Å². The number of rotatable bonds is 1. The van der Waals surface area contributed by atoms with Crippen molar-refractivity contribution < 1.29 is 0 Å². The van der Waals surface area contributed by atoms with Crippen LogP contribution in [0.15, 0.2) is 0 Å². The van der Waals surface area contributed by atoms with Gasteiger partial charge in [0.15, 0.2) is 3.78 Å². The zero-order chi connectivity index (χ0) is 9.50. The van der Waals surface area contributed by atoms with Crippen molar-refractivity contribution in [1.82, 2.24) is 0 Å². The van der Waals surface area contributed by atoms with Gasteiger partial charge in [0.1, 0.15) is 0 Å². The van der Waals surface area contributed by atoms with Crippen LogP contribution >= 0.6 is 101 Å². The average molecular weight is 409 g/mol. The van der Waals surface area contributed by atoms with Crippen LogP contribution in [-0.2, 0) is 0 Å². The molecule has 0 aromatic heterocycles. The highest BCUT2D eigenvalue weighted by molar-refractivity contribution is 9.14. The molecule has 0 saturated heterocycles. The minimum Gasteiger partial charge on any atom is -0.0976 e. The smallest absolute Gasteiger partial charge is 0.0976 e. The van der Waals surface area contributed by atoms with Crippen LogP contribution in [0.2, 0.25) is 0 Å². The van der Waals surface area contributed by atoms with Crippen molar-refractivity contribution in [2.75, 3.05) is 0 Å². The topological polar surface area (TPSA) is 0 Å². The first-order valence-electron chi connectivity index (χ1n) is 2.01. The van der Waals surface area contributed by atoms with E-state index in [1.54, 1.807) is 0 Å². The Morgan fingerprint density at radius 2 is 1.00 bits per heavy atom. The molecule has 0 fully saturated rings. The van der Waals surface area contributed by atoms with E-state index in [0.29, 0.717) is 0 Å². The highest BCUT2D eigenvalue weighted by Crippen LogP contribution is 2.59. The van der Waals surface area contributed by atoms with Gasteiger partial charge in [0.05, 0.1) is 0 Å². The number of hydrogen-bond acceptors (Lipinski definition) is 0. The van der Waals surface area contributed by atoms with Crippen LogP contribution in [0, 0.1) is 0 Å². The zero-order valence-electron chi connectivity index (χ0n) is 4.52. The van der Waals surface area contributed by atoms with E-state index in [0.717, 1.165) is 0 Å². The molecule has 0 rings (SSSR count). The maximum atomic E-state index is 5.70. The van der Waals surface area contributed by atoms with E-state index in [-0.39, 0.29) is 0 Å². The summed E-state index contributed by atoms with van der Waals surface area (Å²) in [5.74, 6) is 0. The molecule has 0 aliphatic carbocycles. The maximum absolute atomic E-state index is 5.70. The molecule has 0 aliphatic heterocycles. The first kappa shape index (κ1) is 13.7. The van der Waals surface area contributed by atoms with Gasteiger partial charge in [0.25, 0.3) is 0 Å². The Kier molecular flexibility index (Phi) is 5.05. The SMILES string of the molecule is ClC(Cl)(Cl)C(Cl)(Br)C(Cl)(Cl)Br. The predicted molar refractivity (Wildman–Crippen MR) is 61.2 cm³/mol. The van der Waals surface area contributed by atoms with Crippen molar-refractivity contribution in [3.63, 3.8) is 0 Å². The van der Waals surface area contributed by atoms with Crippen LogP contribution in [0.1, 0.15) is 0 Å². The normalized spacial score (nSPS) is 19.6. The van der Waals surface area contributed by atoms with E-state index in [9.17, 15) is 0 Å². The van der Waals surface area contributed by atoms with Gasteiger partial charge >= 0.3 is 0 Å². The molecule has 8 heteroatoms. The van der Waals surface area contributed by atoms with Gasteiger partial charge in [0, 0.05) is 0 Å². The van der Waals surface area contributed by atoms with Gasteiger partial charge in [0.2, 0.25) is 7.04 Å². The fourth-order valence-electron chi connectivity index (χ4n) is 0.161. The van der Waals surface area contributed by atoms with Gasteiger partial charge in [-0.3, -0.25) is 0 Å². The molecule has 68 valence electrons. The van der Waals surface area contributed by atoms with E-state index >= 15 is 0 Å². The molecule has 0 saturated carbocycles. The van der Waals surface area contributed by atoms with Crippen LogP contribution in [0.4, 0.5) is 0 Å². The summed E-state index contributed by atoms with van der Waals surface area (Å²) in [5.41, 5.74) is 0. The summed E-state index contributed by atoms with van der Waals surface area (Å²) in [4.78, 5) is 0. The molecule has 0 amide bonds. The van der Waals surface area contributed by atoms with Crippen LogP contribution in [-0.4, -0.2) is 10.8 Å². The molecule has 1 atom stereocenters. The summed E-state index contributed by atoms with van der Waals surface area (Å²) >= 11 is 38.9. The fraction of sp³-hybridized carbons (Fsp3) is 1.00. The van der Waals surface area contributed by atoms with Crippen molar-refractivity contribution in [2.24, 2.45) is 0 Å². The fourth-order valence-corrected chi connectivity index (χ4v) is 1.80. The van der Waals surface area contributed by atoms with Crippen molar-refractivity contribution in [3.8, 4) is 0 Å². The van der Waals surface area contributed by atoms with E-state index in [1.807, 2.05) is 0 Å². The van der Waals surface area contributed by atoms with E-state index in [2.05, 4.69) is 31.9 Å². The molecule has 0 bridgehead atoms. The molecule has 0 aliphatic rings. The minimum absolute atomic E-state index is 1.58. The van der Waals surface area contributed by atoms with Crippen molar-refractivity contribution in [3.05, 3.63) is 0 Å². The Morgan fingerprint density at radius 3 is 1.00 bits per heavy atom. The van der Waals surface area contributed by atoms with Gasteiger partial charge in [-0.05, 0) is 15.9 Å². The monoisotopic (exact) mass is 404 g/mol. The molecule has 0 N–H and O–H groups in total. The lowest BCUT2D eigenvalue weighted by Crippen LogP contribution is -2.42. The lowest BCUT2D eigenvalue weighted by molar-refractivity contribution is 0.868.